The van der Waals surface area contributed by atoms with Gasteiger partial charge in [-0.3, -0.25) is 9.59 Å². The van der Waals surface area contributed by atoms with Gasteiger partial charge in [-0.25, -0.2) is 0 Å². The van der Waals surface area contributed by atoms with Gasteiger partial charge >= 0.3 is 11.9 Å². The van der Waals surface area contributed by atoms with Crippen molar-refractivity contribution in [1.82, 2.24) is 0 Å². The minimum absolute atomic E-state index is 0.589. The number of aliphatic carboxylic acids is 2. The van der Waals surface area contributed by atoms with Crippen LogP contribution in [0.5, 0.6) is 0 Å². The van der Waals surface area contributed by atoms with Gasteiger partial charge in [0.15, 0.2) is 0 Å². The predicted octanol–water partition coefficient (Wildman–Crippen LogP) is 1.57. The monoisotopic (exact) mass is 276 g/mol. The third kappa shape index (κ3) is 14.8. The molecule has 19 heavy (non-hydrogen) atoms. The smallest absolute Gasteiger partial charge is 0.320 e. The van der Waals surface area contributed by atoms with Crippen molar-refractivity contribution in [2.45, 2.75) is 70.9 Å². The Hall–Kier alpha value is -1.14. The summed E-state index contributed by atoms with van der Waals surface area (Å²) in [6, 6.07) is -1.32. The van der Waals surface area contributed by atoms with Crippen molar-refractivity contribution >= 4 is 11.9 Å². The lowest BCUT2D eigenvalue weighted by atomic mass is 10.1. The third-order valence-electron chi connectivity index (χ3n) is 2.62. The highest BCUT2D eigenvalue weighted by Crippen LogP contribution is 2.01. The first-order valence-electron chi connectivity index (χ1n) is 6.83. The van der Waals surface area contributed by atoms with Gasteiger partial charge in [-0.15, -0.1) is 0 Å². The minimum atomic E-state index is -0.900. The minimum Gasteiger partial charge on any atom is -0.480 e. The highest BCUT2D eigenvalue weighted by molar-refractivity contribution is 5.73. The molecule has 6 N–H and O–H groups in total. The molecule has 1 unspecified atom stereocenters. The Morgan fingerprint density at radius 2 is 1.21 bits per heavy atom. The fourth-order valence-corrected chi connectivity index (χ4v) is 1.29. The highest BCUT2D eigenvalue weighted by atomic mass is 16.4. The van der Waals surface area contributed by atoms with Gasteiger partial charge in [-0.05, 0) is 12.8 Å². The van der Waals surface area contributed by atoms with E-state index >= 15 is 0 Å². The van der Waals surface area contributed by atoms with Crippen LogP contribution in [0.15, 0.2) is 0 Å². The standard InChI is InChI=1S/C7H15NO2.C6H13NO2/c1-2-3-4-5-6(8)7(9)10;1-2-3-4-5(7)6(8)9/h6H,2-5,8H2,1H3,(H,9,10);5H,2-4,7H2,1H3,(H,8,9)/t;5-/m.0/s1. The van der Waals surface area contributed by atoms with Gasteiger partial charge in [0.2, 0.25) is 0 Å². The van der Waals surface area contributed by atoms with E-state index in [1.165, 1.54) is 0 Å². The maximum atomic E-state index is 10.2. The molecule has 0 aliphatic rings. The fourth-order valence-electron chi connectivity index (χ4n) is 1.29. The van der Waals surface area contributed by atoms with Gasteiger partial charge < -0.3 is 21.7 Å². The number of hydrogen-bond acceptors (Lipinski definition) is 4. The van der Waals surface area contributed by atoms with Crippen LogP contribution in [0.4, 0.5) is 0 Å². The largest absolute Gasteiger partial charge is 0.480 e. The van der Waals surface area contributed by atoms with E-state index in [4.69, 9.17) is 21.7 Å². The van der Waals surface area contributed by atoms with Gasteiger partial charge in [0.25, 0.3) is 0 Å². The molecule has 0 aliphatic heterocycles. The number of rotatable bonds is 9. The van der Waals surface area contributed by atoms with Crippen LogP contribution in [0.1, 0.15) is 58.8 Å². The molecule has 6 heteroatoms. The molecule has 0 heterocycles. The van der Waals surface area contributed by atoms with E-state index in [9.17, 15) is 9.59 Å². The summed E-state index contributed by atoms with van der Waals surface area (Å²) in [6.45, 7) is 4.08. The van der Waals surface area contributed by atoms with Gasteiger partial charge in [0.05, 0.1) is 0 Å². The summed E-state index contributed by atoms with van der Waals surface area (Å²) in [6.07, 6.45) is 6.18. The van der Waals surface area contributed by atoms with Crippen molar-refractivity contribution in [3.05, 3.63) is 0 Å². The normalized spacial score (nSPS) is 13.1. The van der Waals surface area contributed by atoms with Gasteiger partial charge in [-0.1, -0.05) is 46.0 Å². The van der Waals surface area contributed by atoms with Gasteiger partial charge in [-0.2, -0.15) is 0 Å². The van der Waals surface area contributed by atoms with Crippen molar-refractivity contribution in [3.8, 4) is 0 Å². The molecule has 2 atom stereocenters. The summed E-state index contributed by atoms with van der Waals surface area (Å²) in [4.78, 5) is 20.2. The Labute approximate surface area is 115 Å². The molecule has 0 bridgehead atoms. The average Bonchev–Trinajstić information content (AvgIpc) is 2.36. The van der Waals surface area contributed by atoms with Crippen LogP contribution in [0.25, 0.3) is 0 Å². The topological polar surface area (TPSA) is 127 Å². The van der Waals surface area contributed by atoms with E-state index in [2.05, 4.69) is 6.92 Å². The second-order valence-corrected chi connectivity index (χ2v) is 4.53. The summed E-state index contributed by atoms with van der Waals surface area (Å²) in [5.74, 6) is -1.79. The van der Waals surface area contributed by atoms with E-state index in [0.717, 1.165) is 32.1 Å². The van der Waals surface area contributed by atoms with E-state index in [0.29, 0.717) is 12.8 Å². The highest BCUT2D eigenvalue weighted by Gasteiger charge is 2.09. The zero-order chi connectivity index (χ0) is 15.3. The van der Waals surface area contributed by atoms with Crippen molar-refractivity contribution in [2.75, 3.05) is 0 Å². The molecular weight excluding hydrogens is 248 g/mol. The molecule has 0 aromatic rings. The van der Waals surface area contributed by atoms with Crippen molar-refractivity contribution in [1.29, 1.82) is 0 Å². The van der Waals surface area contributed by atoms with Crippen LogP contribution in [-0.4, -0.2) is 34.2 Å². The number of carboxylic acid groups (broad SMARTS) is 2. The maximum Gasteiger partial charge on any atom is 0.320 e. The Balaban J connectivity index is 0. The number of carbonyl (C=O) groups is 2. The van der Waals surface area contributed by atoms with Gasteiger partial charge in [0, 0.05) is 0 Å². The molecular formula is C13H28N2O4. The molecule has 0 saturated heterocycles. The summed E-state index contributed by atoms with van der Waals surface area (Å²) in [5, 5.41) is 16.6. The Morgan fingerprint density at radius 1 is 0.842 bits per heavy atom. The van der Waals surface area contributed by atoms with E-state index in [1.807, 2.05) is 6.92 Å². The van der Waals surface area contributed by atoms with Crippen molar-refractivity contribution in [3.63, 3.8) is 0 Å². The van der Waals surface area contributed by atoms with Crippen LogP contribution in [0.3, 0.4) is 0 Å². The molecule has 0 fully saturated rings. The number of nitrogens with two attached hydrogens (primary N) is 2. The van der Waals surface area contributed by atoms with E-state index < -0.39 is 24.0 Å². The molecule has 0 aliphatic carbocycles. The molecule has 0 amide bonds. The van der Waals surface area contributed by atoms with Crippen LogP contribution in [0.2, 0.25) is 0 Å². The Kier molecular flexibility index (Phi) is 14.1. The average molecular weight is 276 g/mol. The Morgan fingerprint density at radius 3 is 1.53 bits per heavy atom. The quantitative estimate of drug-likeness (QED) is 0.473. The summed E-state index contributed by atoms with van der Waals surface area (Å²) in [5.41, 5.74) is 10.5. The molecule has 0 spiro atoms. The first kappa shape index (κ1) is 20.2. The lowest BCUT2D eigenvalue weighted by Gasteiger charge is -2.03. The number of unbranched alkanes of at least 4 members (excludes halogenated alkanes) is 3. The zero-order valence-electron chi connectivity index (χ0n) is 12.0. The van der Waals surface area contributed by atoms with Crippen molar-refractivity contribution < 1.29 is 19.8 Å². The molecule has 0 radical (unpaired) electrons. The first-order valence-corrected chi connectivity index (χ1v) is 6.83. The molecule has 0 rings (SSSR count). The Bertz CT molecular complexity index is 247. The van der Waals surface area contributed by atoms with Crippen LogP contribution < -0.4 is 11.5 Å². The SMILES string of the molecule is CCCCCC(N)C(=O)O.CCCC[C@H](N)C(=O)O. The second-order valence-electron chi connectivity index (χ2n) is 4.53. The van der Waals surface area contributed by atoms with E-state index in [-0.39, 0.29) is 0 Å². The second kappa shape index (κ2) is 13.3. The van der Waals surface area contributed by atoms with Crippen molar-refractivity contribution in [2.24, 2.45) is 11.5 Å². The summed E-state index contributed by atoms with van der Waals surface area (Å²) >= 11 is 0. The fraction of sp³-hybridized carbons (Fsp3) is 0.846. The lowest BCUT2D eigenvalue weighted by Crippen LogP contribution is -2.29. The summed E-state index contributed by atoms with van der Waals surface area (Å²) < 4.78 is 0. The van der Waals surface area contributed by atoms with Gasteiger partial charge in [0.1, 0.15) is 12.1 Å². The molecule has 0 aromatic carbocycles. The lowest BCUT2D eigenvalue weighted by molar-refractivity contribution is -0.139. The van der Waals surface area contributed by atoms with Crippen LogP contribution in [-0.2, 0) is 9.59 Å². The first-order chi connectivity index (χ1) is 8.86. The van der Waals surface area contributed by atoms with Crippen LogP contribution in [0, 0.1) is 0 Å². The molecule has 0 saturated carbocycles. The predicted molar refractivity (Wildman–Crippen MR) is 74.9 cm³/mol. The zero-order valence-corrected chi connectivity index (χ0v) is 12.0. The maximum absolute atomic E-state index is 10.2. The number of carboxylic acids is 2. The number of hydrogen-bond donors (Lipinski definition) is 4. The molecule has 6 nitrogen and oxygen atoms in total. The van der Waals surface area contributed by atoms with Crippen LogP contribution >= 0.6 is 0 Å². The van der Waals surface area contributed by atoms with E-state index in [1.54, 1.807) is 0 Å². The molecule has 114 valence electrons. The third-order valence-corrected chi connectivity index (χ3v) is 2.62. The summed E-state index contributed by atoms with van der Waals surface area (Å²) in [7, 11) is 0. The molecule has 0 aromatic heterocycles.